The average molecular weight is 260 g/mol. The lowest BCUT2D eigenvalue weighted by molar-refractivity contribution is 0.463. The van der Waals surface area contributed by atoms with Crippen molar-refractivity contribution in [3.05, 3.63) is 16.1 Å². The molecule has 0 saturated carbocycles. The van der Waals surface area contributed by atoms with E-state index in [9.17, 15) is 8.42 Å². The van der Waals surface area contributed by atoms with Crippen LogP contribution in [-0.2, 0) is 16.3 Å². The van der Waals surface area contributed by atoms with Crippen molar-refractivity contribution in [3.63, 3.8) is 0 Å². The topological polar surface area (TPSA) is 59.1 Å². The fraction of sp³-hybridized carbons (Fsp3) is 0.700. The van der Waals surface area contributed by atoms with E-state index in [2.05, 4.69) is 17.2 Å². The van der Waals surface area contributed by atoms with Crippen LogP contribution in [0.1, 0.15) is 30.6 Å². The predicted molar refractivity (Wildman–Crippen MR) is 65.5 cm³/mol. The number of hydrogen-bond acceptors (Lipinski definition) is 5. The average Bonchev–Trinajstić information content (AvgIpc) is 2.62. The summed E-state index contributed by atoms with van der Waals surface area (Å²) in [5.74, 6) is 0.532. The zero-order chi connectivity index (χ0) is 11.8. The van der Waals surface area contributed by atoms with E-state index in [1.807, 2.05) is 12.3 Å². The third-order valence-corrected chi connectivity index (χ3v) is 5.54. The second-order valence-electron chi connectivity index (χ2n) is 4.18. The molecule has 1 aromatic heterocycles. The molecule has 1 saturated heterocycles. The molecule has 16 heavy (non-hydrogen) atoms. The third-order valence-electron chi connectivity index (χ3n) is 2.71. The molecule has 0 aromatic carbocycles. The monoisotopic (exact) mass is 260 g/mol. The highest BCUT2D eigenvalue weighted by Gasteiger charge is 2.34. The van der Waals surface area contributed by atoms with Gasteiger partial charge < -0.3 is 5.32 Å². The van der Waals surface area contributed by atoms with Gasteiger partial charge in [-0.05, 0) is 13.3 Å². The summed E-state index contributed by atoms with van der Waals surface area (Å²) in [5, 5.41) is 6.47. The van der Waals surface area contributed by atoms with Gasteiger partial charge in [0.2, 0.25) is 0 Å². The number of sulfone groups is 1. The Morgan fingerprint density at radius 2 is 2.31 bits per heavy atom. The molecule has 1 aliphatic heterocycles. The molecule has 2 heterocycles. The summed E-state index contributed by atoms with van der Waals surface area (Å²) in [6, 6.07) is 0.240. The highest BCUT2D eigenvalue weighted by atomic mass is 32.2. The molecule has 1 unspecified atom stereocenters. The molecule has 1 atom stereocenters. The molecule has 0 amide bonds. The predicted octanol–water partition coefficient (Wildman–Crippen LogP) is 1.15. The van der Waals surface area contributed by atoms with Crippen LogP contribution >= 0.6 is 11.3 Å². The first kappa shape index (κ1) is 12.0. The Morgan fingerprint density at radius 3 is 2.81 bits per heavy atom. The van der Waals surface area contributed by atoms with Crippen LogP contribution < -0.4 is 5.32 Å². The van der Waals surface area contributed by atoms with E-state index in [4.69, 9.17) is 0 Å². The van der Waals surface area contributed by atoms with Crippen molar-refractivity contribution in [2.24, 2.45) is 0 Å². The number of nitrogens with one attached hydrogen (secondary N) is 1. The van der Waals surface area contributed by atoms with Gasteiger partial charge in [0.15, 0.2) is 9.84 Å². The van der Waals surface area contributed by atoms with E-state index in [0.29, 0.717) is 0 Å². The maximum atomic E-state index is 11.0. The van der Waals surface area contributed by atoms with Gasteiger partial charge in [-0.1, -0.05) is 6.92 Å². The molecular weight excluding hydrogens is 244 g/mol. The summed E-state index contributed by atoms with van der Waals surface area (Å²) in [6.45, 7) is 4.11. The second-order valence-corrected chi connectivity index (χ2v) is 7.28. The first-order valence-corrected chi connectivity index (χ1v) is 8.11. The normalized spacial score (nSPS) is 21.6. The number of thiazole rings is 1. The lowest BCUT2D eigenvalue weighted by atomic mass is 10.2. The van der Waals surface area contributed by atoms with E-state index in [0.717, 1.165) is 17.1 Å². The summed E-state index contributed by atoms with van der Waals surface area (Å²) in [5.41, 5.74) is 1.02. The van der Waals surface area contributed by atoms with Gasteiger partial charge in [-0.3, -0.25) is 0 Å². The van der Waals surface area contributed by atoms with Crippen LogP contribution in [0.25, 0.3) is 0 Å². The minimum atomic E-state index is -2.74. The first-order chi connectivity index (χ1) is 7.50. The molecule has 1 fully saturated rings. The van der Waals surface area contributed by atoms with Crippen LogP contribution in [0.5, 0.6) is 0 Å². The van der Waals surface area contributed by atoms with Crippen LogP contribution in [-0.4, -0.2) is 30.9 Å². The minimum Gasteiger partial charge on any atom is -0.304 e. The zero-order valence-corrected chi connectivity index (χ0v) is 11.1. The fourth-order valence-electron chi connectivity index (χ4n) is 1.79. The van der Waals surface area contributed by atoms with Gasteiger partial charge in [-0.2, -0.15) is 0 Å². The Kier molecular flexibility index (Phi) is 3.32. The van der Waals surface area contributed by atoms with Gasteiger partial charge in [-0.15, -0.1) is 11.3 Å². The van der Waals surface area contributed by atoms with Gasteiger partial charge >= 0.3 is 0 Å². The molecule has 0 bridgehead atoms. The Bertz CT molecular complexity index is 455. The smallest absolute Gasteiger partial charge is 0.153 e. The zero-order valence-electron chi connectivity index (χ0n) is 9.43. The molecule has 4 nitrogen and oxygen atoms in total. The van der Waals surface area contributed by atoms with Crippen LogP contribution in [0.15, 0.2) is 5.38 Å². The van der Waals surface area contributed by atoms with Crippen molar-refractivity contribution >= 4 is 21.2 Å². The van der Waals surface area contributed by atoms with Crippen molar-refractivity contribution in [3.8, 4) is 0 Å². The highest BCUT2D eigenvalue weighted by Crippen LogP contribution is 2.20. The summed E-state index contributed by atoms with van der Waals surface area (Å²) < 4.78 is 22.0. The number of nitrogens with zero attached hydrogens (tertiary/aromatic N) is 1. The summed E-state index contributed by atoms with van der Waals surface area (Å²) in [6.07, 6.45) is 0.954. The Hall–Kier alpha value is -0.460. The molecule has 1 N–H and O–H groups in total. The Labute approximate surface area is 100 Å². The second kappa shape index (κ2) is 4.43. The lowest BCUT2D eigenvalue weighted by Crippen LogP contribution is -2.51. The standard InChI is InChI=1S/C10H16N2O2S2/c1-3-10-12-9(4-15-10)7(2)11-8-5-16(13,14)6-8/h4,7-8,11H,3,5-6H2,1-2H3. The molecule has 2 rings (SSSR count). The van der Waals surface area contributed by atoms with Crippen molar-refractivity contribution in [1.82, 2.24) is 10.3 Å². The van der Waals surface area contributed by atoms with Crippen molar-refractivity contribution in [2.75, 3.05) is 11.5 Å². The number of rotatable bonds is 4. The number of aromatic nitrogens is 1. The molecule has 0 radical (unpaired) electrons. The molecular formula is C10H16N2O2S2. The van der Waals surface area contributed by atoms with Gasteiger partial charge in [0.1, 0.15) is 0 Å². The van der Waals surface area contributed by atoms with Gasteiger partial charge in [-0.25, -0.2) is 13.4 Å². The largest absolute Gasteiger partial charge is 0.304 e. The van der Waals surface area contributed by atoms with Gasteiger partial charge in [0.25, 0.3) is 0 Å². The van der Waals surface area contributed by atoms with Gasteiger partial charge in [0.05, 0.1) is 22.2 Å². The van der Waals surface area contributed by atoms with E-state index in [1.54, 1.807) is 11.3 Å². The molecule has 6 heteroatoms. The van der Waals surface area contributed by atoms with Crippen LogP contribution in [0.3, 0.4) is 0 Å². The first-order valence-electron chi connectivity index (χ1n) is 5.41. The van der Waals surface area contributed by atoms with E-state index in [-0.39, 0.29) is 23.6 Å². The lowest BCUT2D eigenvalue weighted by Gasteiger charge is -2.29. The van der Waals surface area contributed by atoms with E-state index < -0.39 is 9.84 Å². The maximum Gasteiger partial charge on any atom is 0.153 e. The summed E-state index contributed by atoms with van der Waals surface area (Å²) >= 11 is 1.66. The van der Waals surface area contributed by atoms with Crippen LogP contribution in [0.4, 0.5) is 0 Å². The van der Waals surface area contributed by atoms with Crippen molar-refractivity contribution in [2.45, 2.75) is 32.4 Å². The Morgan fingerprint density at radius 1 is 1.62 bits per heavy atom. The van der Waals surface area contributed by atoms with Crippen LogP contribution in [0, 0.1) is 0 Å². The van der Waals surface area contributed by atoms with Gasteiger partial charge in [0, 0.05) is 17.5 Å². The quantitative estimate of drug-likeness (QED) is 0.882. The molecule has 1 aliphatic rings. The third kappa shape index (κ3) is 2.61. The summed E-state index contributed by atoms with van der Waals surface area (Å²) in [4.78, 5) is 4.48. The van der Waals surface area contributed by atoms with Crippen LogP contribution in [0.2, 0.25) is 0 Å². The van der Waals surface area contributed by atoms with Crippen molar-refractivity contribution in [1.29, 1.82) is 0 Å². The van der Waals surface area contributed by atoms with E-state index in [1.165, 1.54) is 0 Å². The molecule has 0 aliphatic carbocycles. The number of aryl methyl sites for hydroxylation is 1. The molecule has 90 valence electrons. The Balaban J connectivity index is 1.91. The summed E-state index contributed by atoms with van der Waals surface area (Å²) in [7, 11) is -2.74. The van der Waals surface area contributed by atoms with E-state index >= 15 is 0 Å². The maximum absolute atomic E-state index is 11.0. The molecule has 1 aromatic rings. The fourth-order valence-corrected chi connectivity index (χ4v) is 3.95. The SMILES string of the molecule is CCc1nc(C(C)NC2CS(=O)(=O)C2)cs1. The minimum absolute atomic E-state index is 0.103. The number of hydrogen-bond donors (Lipinski definition) is 1. The van der Waals surface area contributed by atoms with Crippen molar-refractivity contribution < 1.29 is 8.42 Å². The molecule has 0 spiro atoms. The highest BCUT2D eigenvalue weighted by molar-refractivity contribution is 7.92.